The van der Waals surface area contributed by atoms with Crippen LogP contribution in [0.2, 0.25) is 0 Å². The Morgan fingerprint density at radius 1 is 1.41 bits per heavy atom. The zero-order valence-electron chi connectivity index (χ0n) is 11.9. The quantitative estimate of drug-likeness (QED) is 0.717. The third-order valence-corrected chi connectivity index (χ3v) is 4.15. The molecule has 0 amide bonds. The lowest BCUT2D eigenvalue weighted by atomic mass is 10.0. The molecule has 0 spiro atoms. The van der Waals surface area contributed by atoms with Gasteiger partial charge in [-0.05, 0) is 26.4 Å². The van der Waals surface area contributed by atoms with Gasteiger partial charge in [0.25, 0.3) is 0 Å². The third-order valence-electron chi connectivity index (χ3n) is 4.15. The molecule has 1 rings (SSSR count). The van der Waals surface area contributed by atoms with Gasteiger partial charge in [-0.25, -0.2) is 0 Å². The molecule has 0 aliphatic carbocycles. The summed E-state index contributed by atoms with van der Waals surface area (Å²) in [6.45, 7) is 12.6. The Labute approximate surface area is 106 Å². The largest absolute Gasteiger partial charge is 0.383 e. The van der Waals surface area contributed by atoms with Crippen LogP contribution in [0, 0.1) is 0 Å². The number of likely N-dealkylation sites (tertiary alicyclic amines) is 1. The van der Waals surface area contributed by atoms with Gasteiger partial charge in [0, 0.05) is 32.8 Å². The normalized spacial score (nSPS) is 25.4. The Hall–Kier alpha value is -0.160. The fraction of sp³-hybridized carbons (Fsp3) is 1.00. The van der Waals surface area contributed by atoms with Crippen LogP contribution in [0.4, 0.5) is 0 Å². The number of likely N-dealkylation sites (N-methyl/N-ethyl adjacent to an activating group) is 1. The summed E-state index contributed by atoms with van der Waals surface area (Å²) in [5, 5.41) is 0. The molecule has 17 heavy (non-hydrogen) atoms. The first kappa shape index (κ1) is 14.9. The number of hydrogen-bond donors (Lipinski definition) is 1. The van der Waals surface area contributed by atoms with Crippen molar-refractivity contribution in [2.24, 2.45) is 5.73 Å². The Morgan fingerprint density at radius 2 is 2.06 bits per heavy atom. The van der Waals surface area contributed by atoms with Crippen molar-refractivity contribution in [1.29, 1.82) is 0 Å². The number of hydrogen-bond acceptors (Lipinski definition) is 4. The second-order valence-corrected chi connectivity index (χ2v) is 5.24. The topological polar surface area (TPSA) is 41.7 Å². The lowest BCUT2D eigenvalue weighted by Crippen LogP contribution is -2.54. The highest BCUT2D eigenvalue weighted by Crippen LogP contribution is 2.23. The highest BCUT2D eigenvalue weighted by molar-refractivity contribution is 4.94. The highest BCUT2D eigenvalue weighted by atomic mass is 16.5. The average molecular weight is 243 g/mol. The maximum atomic E-state index is 5.92. The van der Waals surface area contributed by atoms with Gasteiger partial charge < -0.3 is 10.5 Å². The molecule has 102 valence electrons. The molecule has 0 aromatic rings. The van der Waals surface area contributed by atoms with Gasteiger partial charge in [-0.2, -0.15) is 0 Å². The van der Waals surface area contributed by atoms with E-state index in [1.807, 2.05) is 0 Å². The Bertz CT molecular complexity index is 221. The number of rotatable bonds is 7. The third kappa shape index (κ3) is 3.41. The van der Waals surface area contributed by atoms with E-state index >= 15 is 0 Å². The highest BCUT2D eigenvalue weighted by Gasteiger charge is 2.37. The van der Waals surface area contributed by atoms with Crippen molar-refractivity contribution >= 4 is 0 Å². The molecule has 1 aliphatic heterocycles. The molecular weight excluding hydrogens is 214 g/mol. The van der Waals surface area contributed by atoms with Gasteiger partial charge in [0.2, 0.25) is 0 Å². The van der Waals surface area contributed by atoms with Crippen molar-refractivity contribution in [2.45, 2.75) is 38.8 Å². The molecule has 0 radical (unpaired) electrons. The Balaban J connectivity index is 2.59. The molecule has 0 aromatic carbocycles. The van der Waals surface area contributed by atoms with Crippen LogP contribution < -0.4 is 5.73 Å². The van der Waals surface area contributed by atoms with Crippen LogP contribution in [0.15, 0.2) is 0 Å². The zero-order valence-corrected chi connectivity index (χ0v) is 11.9. The summed E-state index contributed by atoms with van der Waals surface area (Å²) < 4.78 is 5.32. The molecule has 2 atom stereocenters. The summed E-state index contributed by atoms with van der Waals surface area (Å²) in [5.41, 5.74) is 5.92. The van der Waals surface area contributed by atoms with E-state index in [0.29, 0.717) is 19.2 Å². The van der Waals surface area contributed by atoms with E-state index in [0.717, 1.165) is 26.2 Å². The fourth-order valence-corrected chi connectivity index (χ4v) is 2.86. The molecule has 4 nitrogen and oxygen atoms in total. The molecule has 4 heteroatoms. The Kier molecular flexibility index (Phi) is 5.86. The van der Waals surface area contributed by atoms with Gasteiger partial charge in [-0.15, -0.1) is 0 Å². The first-order valence-corrected chi connectivity index (χ1v) is 6.79. The second kappa shape index (κ2) is 6.69. The van der Waals surface area contributed by atoms with Gasteiger partial charge in [0.15, 0.2) is 0 Å². The number of methoxy groups -OCH3 is 1. The summed E-state index contributed by atoms with van der Waals surface area (Å²) in [6.07, 6.45) is 1.25. The standard InChI is InChI=1S/C13H29N3O/c1-5-15(6-2)12-7-8-16(9-12)13(3,10-14)11-17-4/h12H,5-11,14H2,1-4H3. The van der Waals surface area contributed by atoms with Crippen LogP contribution >= 0.6 is 0 Å². The van der Waals surface area contributed by atoms with Crippen LogP contribution in [0.3, 0.4) is 0 Å². The SMILES string of the molecule is CCN(CC)C1CCN(C(C)(CN)COC)C1. The van der Waals surface area contributed by atoms with E-state index in [1.54, 1.807) is 7.11 Å². The van der Waals surface area contributed by atoms with Crippen LogP contribution in [-0.2, 0) is 4.74 Å². The average Bonchev–Trinajstić information content (AvgIpc) is 2.81. The van der Waals surface area contributed by atoms with E-state index in [-0.39, 0.29) is 5.54 Å². The van der Waals surface area contributed by atoms with Crippen molar-refractivity contribution in [2.75, 3.05) is 46.4 Å². The number of nitrogens with zero attached hydrogens (tertiary/aromatic N) is 2. The van der Waals surface area contributed by atoms with E-state index in [2.05, 4.69) is 30.6 Å². The maximum Gasteiger partial charge on any atom is 0.0656 e. The molecule has 0 bridgehead atoms. The minimum absolute atomic E-state index is 0.00332. The van der Waals surface area contributed by atoms with Crippen molar-refractivity contribution < 1.29 is 4.74 Å². The fourth-order valence-electron chi connectivity index (χ4n) is 2.86. The van der Waals surface area contributed by atoms with Crippen molar-refractivity contribution in [3.63, 3.8) is 0 Å². The predicted molar refractivity (Wildman–Crippen MR) is 72.2 cm³/mol. The monoisotopic (exact) mass is 243 g/mol. The first-order valence-electron chi connectivity index (χ1n) is 6.79. The van der Waals surface area contributed by atoms with Crippen molar-refractivity contribution in [3.05, 3.63) is 0 Å². The first-order chi connectivity index (χ1) is 8.11. The summed E-state index contributed by atoms with van der Waals surface area (Å²) in [5.74, 6) is 0. The van der Waals surface area contributed by atoms with Crippen LogP contribution in [0.25, 0.3) is 0 Å². The molecule has 0 saturated carbocycles. The van der Waals surface area contributed by atoms with Gasteiger partial charge >= 0.3 is 0 Å². The van der Waals surface area contributed by atoms with Crippen LogP contribution in [0.5, 0.6) is 0 Å². The minimum atomic E-state index is -0.00332. The number of nitrogens with two attached hydrogens (primary N) is 1. The lowest BCUT2D eigenvalue weighted by molar-refractivity contribution is 0.0372. The van der Waals surface area contributed by atoms with E-state index in [9.17, 15) is 0 Å². The molecule has 2 unspecified atom stereocenters. The van der Waals surface area contributed by atoms with Gasteiger partial charge in [0.1, 0.15) is 0 Å². The molecule has 2 N–H and O–H groups in total. The minimum Gasteiger partial charge on any atom is -0.383 e. The van der Waals surface area contributed by atoms with Gasteiger partial charge in [-0.1, -0.05) is 13.8 Å². The molecule has 1 heterocycles. The van der Waals surface area contributed by atoms with Crippen LogP contribution in [-0.4, -0.2) is 67.8 Å². The van der Waals surface area contributed by atoms with Crippen molar-refractivity contribution in [1.82, 2.24) is 9.80 Å². The molecule has 1 saturated heterocycles. The van der Waals surface area contributed by atoms with Crippen LogP contribution in [0.1, 0.15) is 27.2 Å². The molecule has 0 aromatic heterocycles. The smallest absolute Gasteiger partial charge is 0.0656 e. The zero-order chi connectivity index (χ0) is 12.9. The summed E-state index contributed by atoms with van der Waals surface area (Å²) in [6, 6.07) is 0.688. The van der Waals surface area contributed by atoms with E-state index in [4.69, 9.17) is 10.5 Å². The summed E-state index contributed by atoms with van der Waals surface area (Å²) in [7, 11) is 1.76. The number of ether oxygens (including phenoxy) is 1. The van der Waals surface area contributed by atoms with E-state index < -0.39 is 0 Å². The molecular formula is C13H29N3O. The molecule has 1 aliphatic rings. The summed E-state index contributed by atoms with van der Waals surface area (Å²) >= 11 is 0. The predicted octanol–water partition coefficient (Wildman–Crippen LogP) is 0.766. The Morgan fingerprint density at radius 3 is 2.53 bits per heavy atom. The molecule has 1 fully saturated rings. The summed E-state index contributed by atoms with van der Waals surface area (Å²) in [4.78, 5) is 5.04. The van der Waals surface area contributed by atoms with Gasteiger partial charge in [-0.3, -0.25) is 9.80 Å². The van der Waals surface area contributed by atoms with E-state index in [1.165, 1.54) is 6.42 Å². The lowest BCUT2D eigenvalue weighted by Gasteiger charge is -2.38. The van der Waals surface area contributed by atoms with Gasteiger partial charge in [0.05, 0.1) is 12.1 Å². The maximum absolute atomic E-state index is 5.92. The second-order valence-electron chi connectivity index (χ2n) is 5.24. The van der Waals surface area contributed by atoms with Crippen molar-refractivity contribution in [3.8, 4) is 0 Å².